The van der Waals surface area contributed by atoms with Crippen molar-refractivity contribution in [1.82, 2.24) is 19.7 Å². The number of hydrogen-bond acceptors (Lipinski definition) is 8. The fourth-order valence-electron chi connectivity index (χ4n) is 3.88. The number of nitrogens with zero attached hydrogens (tertiary/aromatic N) is 6. The summed E-state index contributed by atoms with van der Waals surface area (Å²) >= 11 is 2.83. The summed E-state index contributed by atoms with van der Waals surface area (Å²) < 4.78 is 22.0. The molecular weight excluding hydrogens is 475 g/mol. The summed E-state index contributed by atoms with van der Waals surface area (Å²) in [4.78, 5) is 20.5. The van der Waals surface area contributed by atoms with Crippen molar-refractivity contribution in [3.05, 3.63) is 65.3 Å². The second-order valence-corrected chi connectivity index (χ2v) is 9.64. The molecule has 1 amide bonds. The van der Waals surface area contributed by atoms with Crippen molar-refractivity contribution in [3.63, 3.8) is 0 Å². The first kappa shape index (κ1) is 22.6. The number of furan rings is 1. The van der Waals surface area contributed by atoms with Crippen LogP contribution in [0.2, 0.25) is 0 Å². The minimum atomic E-state index is -0.468. The van der Waals surface area contributed by atoms with E-state index in [1.165, 1.54) is 41.0 Å². The molecule has 8 nitrogen and oxygen atoms in total. The van der Waals surface area contributed by atoms with Gasteiger partial charge in [-0.1, -0.05) is 23.9 Å². The highest BCUT2D eigenvalue weighted by Crippen LogP contribution is 2.33. The summed E-state index contributed by atoms with van der Waals surface area (Å²) in [7, 11) is 0. The van der Waals surface area contributed by atoms with E-state index in [9.17, 15) is 9.18 Å². The van der Waals surface area contributed by atoms with Crippen LogP contribution >= 0.6 is 23.1 Å². The number of thioether (sulfide) groups is 1. The van der Waals surface area contributed by atoms with Gasteiger partial charge >= 0.3 is 0 Å². The van der Waals surface area contributed by atoms with Crippen LogP contribution in [0.1, 0.15) is 31.2 Å². The van der Waals surface area contributed by atoms with Crippen LogP contribution in [0.25, 0.3) is 0 Å². The van der Waals surface area contributed by atoms with Gasteiger partial charge in [-0.2, -0.15) is 0 Å². The van der Waals surface area contributed by atoms with Gasteiger partial charge in [0.05, 0.1) is 24.2 Å². The van der Waals surface area contributed by atoms with E-state index in [4.69, 9.17) is 4.42 Å². The van der Waals surface area contributed by atoms with Crippen molar-refractivity contribution in [2.24, 2.45) is 0 Å². The van der Waals surface area contributed by atoms with E-state index in [-0.39, 0.29) is 11.6 Å². The number of benzene rings is 1. The highest BCUT2D eigenvalue weighted by atomic mass is 32.2. The predicted octanol–water partition coefficient (Wildman–Crippen LogP) is 5.09. The molecule has 0 aliphatic carbocycles. The van der Waals surface area contributed by atoms with Gasteiger partial charge in [0.1, 0.15) is 11.6 Å². The van der Waals surface area contributed by atoms with E-state index < -0.39 is 5.82 Å². The van der Waals surface area contributed by atoms with E-state index in [1.54, 1.807) is 24.5 Å². The quantitative estimate of drug-likeness (QED) is 0.313. The van der Waals surface area contributed by atoms with Crippen molar-refractivity contribution in [2.75, 3.05) is 22.9 Å². The Bertz CT molecular complexity index is 1270. The van der Waals surface area contributed by atoms with Gasteiger partial charge in [0.15, 0.2) is 10.3 Å². The van der Waals surface area contributed by atoms with E-state index in [0.717, 1.165) is 48.5 Å². The average Bonchev–Trinajstić information content (AvgIpc) is 3.63. The molecule has 1 aromatic carbocycles. The number of anilines is 3. The molecular formula is C23H23FN6O2S2. The lowest BCUT2D eigenvalue weighted by molar-refractivity contribution is -0.115. The highest BCUT2D eigenvalue weighted by Gasteiger charge is 2.24. The van der Waals surface area contributed by atoms with E-state index in [0.29, 0.717) is 17.4 Å². The lowest BCUT2D eigenvalue weighted by Crippen LogP contribution is -2.23. The molecule has 1 aliphatic heterocycles. The van der Waals surface area contributed by atoms with Crippen LogP contribution in [0.5, 0.6) is 0 Å². The summed E-state index contributed by atoms with van der Waals surface area (Å²) in [6, 6.07) is 10.0. The minimum absolute atomic E-state index is 0.192. The molecule has 34 heavy (non-hydrogen) atoms. The van der Waals surface area contributed by atoms with Gasteiger partial charge in [0.2, 0.25) is 11.9 Å². The topological polar surface area (TPSA) is 80.3 Å². The van der Waals surface area contributed by atoms with Crippen molar-refractivity contribution in [2.45, 2.75) is 37.2 Å². The van der Waals surface area contributed by atoms with E-state index in [1.807, 2.05) is 17.5 Å². The Morgan fingerprint density at radius 1 is 1.21 bits per heavy atom. The molecule has 11 heteroatoms. The number of para-hydroxylation sites is 1. The summed E-state index contributed by atoms with van der Waals surface area (Å²) in [5.74, 6) is 1.45. The fraction of sp³-hybridized carbons (Fsp3) is 0.304. The summed E-state index contributed by atoms with van der Waals surface area (Å²) in [6.07, 6.45) is 3.95. The van der Waals surface area contributed by atoms with Gasteiger partial charge in [-0.05, 0) is 37.1 Å². The van der Waals surface area contributed by atoms with Gasteiger partial charge in [-0.3, -0.25) is 14.3 Å². The molecule has 0 saturated carbocycles. The van der Waals surface area contributed by atoms with Crippen molar-refractivity contribution in [1.29, 1.82) is 0 Å². The number of carbonyl (C=O) groups excluding carboxylic acids is 1. The van der Waals surface area contributed by atoms with Gasteiger partial charge in [-0.25, -0.2) is 9.37 Å². The van der Waals surface area contributed by atoms with Crippen molar-refractivity contribution in [3.8, 4) is 0 Å². The maximum atomic E-state index is 14.3. The summed E-state index contributed by atoms with van der Waals surface area (Å²) in [5.41, 5.74) is 0.972. The second kappa shape index (κ2) is 9.98. The number of amides is 1. The van der Waals surface area contributed by atoms with Gasteiger partial charge in [0, 0.05) is 31.1 Å². The molecule has 3 aromatic heterocycles. The summed E-state index contributed by atoms with van der Waals surface area (Å²) in [5, 5.41) is 12.0. The SMILES string of the molecule is CC(=O)N(c1nc(CSc2nnc(N3CCCC3)n2Cc2ccco2)cs1)c1ccccc1F. The Balaban J connectivity index is 1.35. The Morgan fingerprint density at radius 3 is 2.76 bits per heavy atom. The van der Waals surface area contributed by atoms with Crippen LogP contribution in [0.3, 0.4) is 0 Å². The van der Waals surface area contributed by atoms with Gasteiger partial charge in [-0.15, -0.1) is 21.5 Å². The molecule has 1 saturated heterocycles. The maximum Gasteiger partial charge on any atom is 0.230 e. The molecule has 0 N–H and O–H groups in total. The third kappa shape index (κ3) is 4.71. The number of rotatable bonds is 8. The number of thiazole rings is 1. The molecule has 4 aromatic rings. The Hall–Kier alpha value is -3.18. The lowest BCUT2D eigenvalue weighted by atomic mass is 10.3. The third-order valence-corrected chi connectivity index (χ3v) is 7.34. The predicted molar refractivity (Wildman–Crippen MR) is 130 cm³/mol. The van der Waals surface area contributed by atoms with Crippen LogP contribution in [-0.4, -0.2) is 38.7 Å². The molecule has 5 rings (SSSR count). The third-order valence-electron chi connectivity index (χ3n) is 5.47. The fourth-order valence-corrected chi connectivity index (χ4v) is 5.69. The minimum Gasteiger partial charge on any atom is -0.467 e. The molecule has 0 radical (unpaired) electrons. The first-order valence-electron chi connectivity index (χ1n) is 10.9. The maximum absolute atomic E-state index is 14.3. The molecule has 1 aliphatic rings. The smallest absolute Gasteiger partial charge is 0.230 e. The van der Waals surface area contributed by atoms with Crippen molar-refractivity contribution < 1.29 is 13.6 Å². The number of hydrogen-bond donors (Lipinski definition) is 0. The van der Waals surface area contributed by atoms with Crippen LogP contribution in [0.15, 0.2) is 57.6 Å². The average molecular weight is 499 g/mol. The number of aromatic nitrogens is 4. The molecule has 1 fully saturated rings. The van der Waals surface area contributed by atoms with Crippen molar-refractivity contribution >= 4 is 45.8 Å². The summed E-state index contributed by atoms with van der Waals surface area (Å²) in [6.45, 7) is 3.88. The standard InChI is InChI=1S/C23H23FN6O2S2/c1-16(31)30(20-9-3-2-8-19(20)24)22-25-17(14-33-22)15-34-23-27-26-21(28-10-4-5-11-28)29(23)13-18-7-6-12-32-18/h2-3,6-9,12,14H,4-5,10-11,13,15H2,1H3. The molecule has 0 unspecified atom stereocenters. The first-order chi connectivity index (χ1) is 16.6. The van der Waals surface area contributed by atoms with Crippen LogP contribution in [0, 0.1) is 5.82 Å². The number of carbonyl (C=O) groups is 1. The van der Waals surface area contributed by atoms with Crippen LogP contribution in [-0.2, 0) is 17.1 Å². The van der Waals surface area contributed by atoms with Crippen LogP contribution < -0.4 is 9.80 Å². The first-order valence-corrected chi connectivity index (χ1v) is 12.8. The van der Waals surface area contributed by atoms with Gasteiger partial charge in [0.25, 0.3) is 0 Å². The molecule has 176 valence electrons. The van der Waals surface area contributed by atoms with Crippen LogP contribution in [0.4, 0.5) is 21.2 Å². The molecule has 0 atom stereocenters. The monoisotopic (exact) mass is 498 g/mol. The van der Waals surface area contributed by atoms with E-state index >= 15 is 0 Å². The lowest BCUT2D eigenvalue weighted by Gasteiger charge is -2.18. The Labute approximate surface area is 204 Å². The van der Waals surface area contributed by atoms with E-state index in [2.05, 4.69) is 24.6 Å². The Kier molecular flexibility index (Phi) is 6.63. The Morgan fingerprint density at radius 2 is 2.03 bits per heavy atom. The molecule has 0 bridgehead atoms. The zero-order valence-corrected chi connectivity index (χ0v) is 20.2. The highest BCUT2D eigenvalue weighted by molar-refractivity contribution is 7.98. The zero-order chi connectivity index (χ0) is 23.5. The normalized spacial score (nSPS) is 13.5. The molecule has 0 spiro atoms. The largest absolute Gasteiger partial charge is 0.467 e. The zero-order valence-electron chi connectivity index (χ0n) is 18.6. The second-order valence-electron chi connectivity index (χ2n) is 7.86. The molecule has 4 heterocycles. The van der Waals surface area contributed by atoms with Gasteiger partial charge < -0.3 is 9.32 Å². The number of halogens is 1.